The number of allylic oxidation sites excluding steroid dienone is 2. The Kier molecular flexibility index (Phi) is 1.95. The number of hydrogen-bond donors (Lipinski definition) is 0. The molecule has 0 aromatic carbocycles. The van der Waals surface area contributed by atoms with Gasteiger partial charge in [0.25, 0.3) is 0 Å². The minimum Gasteiger partial charge on any atom is -0.198 e. The highest BCUT2D eigenvalue weighted by atomic mass is 14.5. The molecule has 70 valence electrons. The Morgan fingerprint density at radius 1 is 1.62 bits per heavy atom. The highest BCUT2D eigenvalue weighted by Gasteiger charge is 2.50. The van der Waals surface area contributed by atoms with Crippen LogP contribution in [0.1, 0.15) is 39.5 Å². The van der Waals surface area contributed by atoms with Gasteiger partial charge in [0.05, 0.1) is 6.07 Å². The van der Waals surface area contributed by atoms with Crippen LogP contribution in [0.5, 0.6) is 0 Å². The van der Waals surface area contributed by atoms with E-state index in [0.717, 1.165) is 18.3 Å². The van der Waals surface area contributed by atoms with E-state index in [-0.39, 0.29) is 0 Å². The van der Waals surface area contributed by atoms with Gasteiger partial charge in [-0.2, -0.15) is 5.26 Å². The number of hydrogen-bond acceptors (Lipinski definition) is 1. The van der Waals surface area contributed by atoms with Crippen LogP contribution in [0.15, 0.2) is 11.6 Å². The molecule has 0 aromatic rings. The molecule has 0 N–H and O–H groups in total. The van der Waals surface area contributed by atoms with E-state index < -0.39 is 0 Å². The molecule has 2 atom stereocenters. The molecule has 0 aliphatic heterocycles. The van der Waals surface area contributed by atoms with Crippen molar-refractivity contribution < 1.29 is 0 Å². The Morgan fingerprint density at radius 3 is 2.92 bits per heavy atom. The zero-order valence-corrected chi connectivity index (χ0v) is 8.51. The first-order chi connectivity index (χ1) is 6.16. The molecule has 0 spiro atoms. The van der Waals surface area contributed by atoms with Crippen molar-refractivity contribution >= 4 is 0 Å². The van der Waals surface area contributed by atoms with Crippen LogP contribution in [-0.4, -0.2) is 0 Å². The molecular formula is C12H17N. The van der Waals surface area contributed by atoms with Crippen molar-refractivity contribution in [3.63, 3.8) is 0 Å². The molecule has 3 rings (SSSR count). The number of nitrogens with zero attached hydrogens (tertiary/aromatic N) is 1. The van der Waals surface area contributed by atoms with Crippen LogP contribution in [0.3, 0.4) is 0 Å². The van der Waals surface area contributed by atoms with E-state index in [2.05, 4.69) is 26.0 Å². The fraction of sp³-hybridized carbons (Fsp3) is 0.750. The molecule has 2 bridgehead atoms. The highest BCUT2D eigenvalue weighted by molar-refractivity contribution is 5.23. The van der Waals surface area contributed by atoms with Crippen molar-refractivity contribution in [3.8, 4) is 6.07 Å². The standard InChI is InChI=1S/C12H17N/c1-12(2)10-6-5-9(4-3-7-13)11(12)8-10/h5,10-11H,3-4,6,8H2,1-2H3/t10-,11-/m0/s1. The van der Waals surface area contributed by atoms with Crippen LogP contribution in [0, 0.1) is 28.6 Å². The van der Waals surface area contributed by atoms with Gasteiger partial charge in [-0.15, -0.1) is 0 Å². The maximum Gasteiger partial charge on any atom is 0.0625 e. The van der Waals surface area contributed by atoms with Gasteiger partial charge >= 0.3 is 0 Å². The Labute approximate surface area is 80.4 Å². The van der Waals surface area contributed by atoms with Gasteiger partial charge in [0.1, 0.15) is 0 Å². The Bertz CT molecular complexity index is 280. The van der Waals surface area contributed by atoms with Crippen LogP contribution in [0.25, 0.3) is 0 Å². The third-order valence-corrected chi connectivity index (χ3v) is 4.11. The Morgan fingerprint density at radius 2 is 2.38 bits per heavy atom. The molecule has 1 fully saturated rings. The largest absolute Gasteiger partial charge is 0.198 e. The quantitative estimate of drug-likeness (QED) is 0.591. The van der Waals surface area contributed by atoms with Gasteiger partial charge < -0.3 is 0 Å². The molecule has 0 saturated heterocycles. The van der Waals surface area contributed by atoms with Crippen molar-refractivity contribution in [2.75, 3.05) is 0 Å². The topological polar surface area (TPSA) is 23.8 Å². The van der Waals surface area contributed by atoms with Crippen molar-refractivity contribution in [1.29, 1.82) is 5.26 Å². The fourth-order valence-electron chi connectivity index (χ4n) is 2.96. The molecular weight excluding hydrogens is 158 g/mol. The normalized spacial score (nSPS) is 34.4. The summed E-state index contributed by atoms with van der Waals surface area (Å²) < 4.78 is 0. The van der Waals surface area contributed by atoms with E-state index in [0.29, 0.717) is 11.8 Å². The summed E-state index contributed by atoms with van der Waals surface area (Å²) >= 11 is 0. The average molecular weight is 175 g/mol. The smallest absolute Gasteiger partial charge is 0.0625 e. The van der Waals surface area contributed by atoms with E-state index >= 15 is 0 Å². The lowest BCUT2D eigenvalue weighted by Crippen LogP contribution is -2.47. The number of nitriles is 1. The molecule has 1 saturated carbocycles. The second kappa shape index (κ2) is 2.87. The third kappa shape index (κ3) is 1.20. The first kappa shape index (κ1) is 8.81. The highest BCUT2D eigenvalue weighted by Crippen LogP contribution is 2.59. The fourth-order valence-corrected chi connectivity index (χ4v) is 2.96. The molecule has 3 aliphatic rings. The lowest BCUT2D eigenvalue weighted by molar-refractivity contribution is -0.00807. The average Bonchev–Trinajstić information content (AvgIpc) is 2.14. The van der Waals surface area contributed by atoms with Crippen LogP contribution >= 0.6 is 0 Å². The minimum absolute atomic E-state index is 0.527. The maximum absolute atomic E-state index is 8.55. The lowest BCUT2D eigenvalue weighted by atomic mass is 9.48. The SMILES string of the molecule is CC1(C)[C@H]2CC=C(CCC#N)[C@@H]1C2. The van der Waals surface area contributed by atoms with Gasteiger partial charge in [-0.05, 0) is 36.5 Å². The maximum atomic E-state index is 8.55. The molecule has 0 aromatic heterocycles. The van der Waals surface area contributed by atoms with Crippen LogP contribution in [0.2, 0.25) is 0 Å². The van der Waals surface area contributed by atoms with E-state index in [9.17, 15) is 0 Å². The summed E-state index contributed by atoms with van der Waals surface area (Å²) in [6, 6.07) is 2.24. The van der Waals surface area contributed by atoms with Crippen molar-refractivity contribution in [2.24, 2.45) is 17.3 Å². The van der Waals surface area contributed by atoms with Crippen molar-refractivity contribution in [2.45, 2.75) is 39.5 Å². The van der Waals surface area contributed by atoms with Crippen LogP contribution < -0.4 is 0 Å². The van der Waals surface area contributed by atoms with E-state index in [1.807, 2.05) is 0 Å². The van der Waals surface area contributed by atoms with Gasteiger partial charge in [0.2, 0.25) is 0 Å². The van der Waals surface area contributed by atoms with Gasteiger partial charge in [-0.1, -0.05) is 25.5 Å². The third-order valence-electron chi connectivity index (χ3n) is 4.11. The molecule has 3 aliphatic carbocycles. The number of fused-ring (bicyclic) bond motifs is 1. The first-order valence-corrected chi connectivity index (χ1v) is 5.22. The second-order valence-corrected chi connectivity index (χ2v) is 4.98. The molecule has 0 heterocycles. The Hall–Kier alpha value is -0.770. The molecule has 0 unspecified atom stereocenters. The predicted molar refractivity (Wildman–Crippen MR) is 52.9 cm³/mol. The predicted octanol–water partition coefficient (Wildman–Crippen LogP) is 3.28. The van der Waals surface area contributed by atoms with E-state index in [1.165, 1.54) is 12.8 Å². The molecule has 0 amide bonds. The summed E-state index contributed by atoms with van der Waals surface area (Å²) in [6.45, 7) is 4.76. The van der Waals surface area contributed by atoms with E-state index in [1.54, 1.807) is 5.57 Å². The van der Waals surface area contributed by atoms with Crippen molar-refractivity contribution in [1.82, 2.24) is 0 Å². The zero-order valence-electron chi connectivity index (χ0n) is 8.51. The lowest BCUT2D eigenvalue weighted by Gasteiger charge is -2.56. The molecule has 1 heteroatoms. The van der Waals surface area contributed by atoms with Crippen LogP contribution in [-0.2, 0) is 0 Å². The summed E-state index contributed by atoms with van der Waals surface area (Å²) in [7, 11) is 0. The second-order valence-electron chi connectivity index (χ2n) is 4.98. The summed E-state index contributed by atoms with van der Waals surface area (Å²) in [5.74, 6) is 1.71. The van der Waals surface area contributed by atoms with E-state index in [4.69, 9.17) is 5.26 Å². The molecule has 1 nitrogen and oxygen atoms in total. The molecule has 0 radical (unpaired) electrons. The zero-order chi connectivity index (χ0) is 9.47. The summed E-state index contributed by atoms with van der Waals surface area (Å²) in [6.07, 6.45) is 6.73. The summed E-state index contributed by atoms with van der Waals surface area (Å²) in [5.41, 5.74) is 2.09. The van der Waals surface area contributed by atoms with Crippen molar-refractivity contribution in [3.05, 3.63) is 11.6 Å². The number of rotatable bonds is 2. The van der Waals surface area contributed by atoms with Crippen LogP contribution in [0.4, 0.5) is 0 Å². The molecule has 13 heavy (non-hydrogen) atoms. The first-order valence-electron chi connectivity index (χ1n) is 5.22. The van der Waals surface area contributed by atoms with Gasteiger partial charge in [-0.3, -0.25) is 0 Å². The summed E-state index contributed by atoms with van der Waals surface area (Å²) in [4.78, 5) is 0. The summed E-state index contributed by atoms with van der Waals surface area (Å²) in [5, 5.41) is 8.55. The Balaban J connectivity index is 2.06. The minimum atomic E-state index is 0.527. The van der Waals surface area contributed by atoms with Gasteiger partial charge in [0.15, 0.2) is 0 Å². The van der Waals surface area contributed by atoms with Gasteiger partial charge in [-0.25, -0.2) is 0 Å². The monoisotopic (exact) mass is 175 g/mol. The van der Waals surface area contributed by atoms with Gasteiger partial charge in [0, 0.05) is 6.42 Å².